The quantitative estimate of drug-likeness (QED) is 0.158. The second kappa shape index (κ2) is 14.7. The average Bonchev–Trinajstić information content (AvgIpc) is 3.75. The second-order valence-corrected chi connectivity index (χ2v) is 18.3. The van der Waals surface area contributed by atoms with Crippen LogP contribution in [0.2, 0.25) is 0 Å². The smallest absolute Gasteiger partial charge is 0.0540 e. The summed E-state index contributed by atoms with van der Waals surface area (Å²) in [6.45, 7) is 7.14. The third-order valence-corrected chi connectivity index (χ3v) is 14.3. The fraction of sp³-hybridized carbons (Fsp3) is 0.0968. The third kappa shape index (κ3) is 5.93. The molecule has 1 heterocycles. The van der Waals surface area contributed by atoms with Gasteiger partial charge in [-0.2, -0.15) is 0 Å². The molecule has 3 aliphatic rings. The van der Waals surface area contributed by atoms with Crippen LogP contribution >= 0.6 is 0 Å². The number of anilines is 5. The Hall–Kier alpha value is -7.68. The average molecular weight is 821 g/mol. The van der Waals surface area contributed by atoms with E-state index >= 15 is 0 Å². The summed E-state index contributed by atoms with van der Waals surface area (Å²) in [6, 6.07) is 78.2. The minimum absolute atomic E-state index is 0.0497. The van der Waals surface area contributed by atoms with Crippen LogP contribution in [-0.4, -0.2) is 0 Å². The van der Waals surface area contributed by atoms with Crippen molar-refractivity contribution < 1.29 is 0 Å². The van der Waals surface area contributed by atoms with Crippen LogP contribution in [0.15, 0.2) is 230 Å². The summed E-state index contributed by atoms with van der Waals surface area (Å²) >= 11 is 0. The summed E-state index contributed by atoms with van der Waals surface area (Å²) in [6.07, 6.45) is 5.65. The van der Waals surface area contributed by atoms with Crippen molar-refractivity contribution in [1.29, 1.82) is 0 Å². The topological polar surface area (TPSA) is 6.48 Å². The van der Waals surface area contributed by atoms with Crippen LogP contribution in [0.4, 0.5) is 28.4 Å². The van der Waals surface area contributed by atoms with E-state index in [1.807, 2.05) is 0 Å². The van der Waals surface area contributed by atoms with Gasteiger partial charge in [0.15, 0.2) is 0 Å². The highest BCUT2D eigenvalue weighted by atomic mass is 15.2. The second-order valence-electron chi connectivity index (χ2n) is 18.3. The Bertz CT molecular complexity index is 3320. The third-order valence-electron chi connectivity index (χ3n) is 14.3. The van der Waals surface area contributed by atoms with Crippen LogP contribution in [0.25, 0.3) is 49.7 Å². The molecule has 1 aliphatic heterocycles. The number of rotatable bonds is 7. The lowest BCUT2D eigenvalue weighted by atomic mass is 9.72. The summed E-state index contributed by atoms with van der Waals surface area (Å²) in [4.78, 5) is 4.90. The molecule has 0 bridgehead atoms. The van der Waals surface area contributed by atoms with Gasteiger partial charge in [-0.3, -0.25) is 0 Å². The molecule has 306 valence electrons. The summed E-state index contributed by atoms with van der Waals surface area (Å²) in [5.41, 5.74) is 21.3. The van der Waals surface area contributed by atoms with Gasteiger partial charge in [-0.05, 0) is 141 Å². The van der Waals surface area contributed by atoms with Gasteiger partial charge in [0.2, 0.25) is 0 Å². The maximum absolute atomic E-state index is 2.46. The highest BCUT2D eigenvalue weighted by molar-refractivity contribution is 6.05. The van der Waals surface area contributed by atoms with Gasteiger partial charge >= 0.3 is 0 Å². The molecule has 0 fully saturated rings. The molecule has 0 saturated carbocycles. The molecular formula is C62H48N2. The summed E-state index contributed by atoms with van der Waals surface area (Å²) < 4.78 is 0. The van der Waals surface area contributed by atoms with Gasteiger partial charge < -0.3 is 9.80 Å². The van der Waals surface area contributed by atoms with E-state index in [4.69, 9.17) is 0 Å². The van der Waals surface area contributed by atoms with Crippen molar-refractivity contribution in [1.82, 2.24) is 0 Å². The first kappa shape index (κ1) is 38.0. The molecule has 64 heavy (non-hydrogen) atoms. The number of hydrogen-bond acceptors (Lipinski definition) is 2. The van der Waals surface area contributed by atoms with Crippen LogP contribution in [0.3, 0.4) is 0 Å². The van der Waals surface area contributed by atoms with Crippen molar-refractivity contribution in [2.24, 2.45) is 0 Å². The largest absolute Gasteiger partial charge is 0.313 e. The Labute approximate surface area is 376 Å². The van der Waals surface area contributed by atoms with E-state index in [-0.39, 0.29) is 10.8 Å². The molecule has 0 spiro atoms. The summed E-state index contributed by atoms with van der Waals surface area (Å²) in [7, 11) is 0. The maximum Gasteiger partial charge on any atom is 0.0540 e. The molecule has 0 saturated heterocycles. The molecule has 1 unspecified atom stereocenters. The number of fused-ring (bicyclic) bond motifs is 7. The van der Waals surface area contributed by atoms with E-state index in [1.54, 1.807) is 0 Å². The minimum atomic E-state index is -0.177. The predicted octanol–water partition coefficient (Wildman–Crippen LogP) is 16.7. The van der Waals surface area contributed by atoms with E-state index in [9.17, 15) is 0 Å². The maximum atomic E-state index is 2.46. The van der Waals surface area contributed by atoms with E-state index in [0.29, 0.717) is 0 Å². The highest BCUT2D eigenvalue weighted by Crippen LogP contribution is 2.57. The van der Waals surface area contributed by atoms with Crippen molar-refractivity contribution in [2.45, 2.75) is 38.0 Å². The van der Waals surface area contributed by atoms with Crippen molar-refractivity contribution in [3.05, 3.63) is 252 Å². The molecule has 0 amide bonds. The van der Waals surface area contributed by atoms with Crippen LogP contribution < -0.4 is 9.80 Å². The molecule has 9 aromatic rings. The van der Waals surface area contributed by atoms with Gasteiger partial charge in [0.1, 0.15) is 0 Å². The molecule has 2 aliphatic carbocycles. The first-order chi connectivity index (χ1) is 31.4. The van der Waals surface area contributed by atoms with Crippen molar-refractivity contribution in [3.63, 3.8) is 0 Å². The van der Waals surface area contributed by atoms with Gasteiger partial charge in [0, 0.05) is 44.7 Å². The molecular weight excluding hydrogens is 773 g/mol. The number of benzene rings is 9. The Balaban J connectivity index is 0.956. The van der Waals surface area contributed by atoms with Gasteiger partial charge in [0.05, 0.1) is 5.69 Å². The molecule has 9 aromatic carbocycles. The molecule has 0 aromatic heterocycles. The molecule has 0 radical (unpaired) electrons. The molecule has 2 heteroatoms. The first-order valence-corrected chi connectivity index (χ1v) is 22.6. The van der Waals surface area contributed by atoms with Crippen molar-refractivity contribution >= 4 is 44.8 Å². The Morgan fingerprint density at radius 2 is 0.969 bits per heavy atom. The number of hydrogen-bond donors (Lipinski definition) is 0. The van der Waals surface area contributed by atoms with Crippen LogP contribution in [0, 0.1) is 0 Å². The Kier molecular flexibility index (Phi) is 8.74. The zero-order valence-corrected chi connectivity index (χ0v) is 36.5. The normalized spacial score (nSPS) is 16.6. The lowest BCUT2D eigenvalue weighted by molar-refractivity contribution is 0.586. The SMILES string of the molecule is CC12CC(c3ccc(N(c4ccc(-c5ccccc5)cc4)c4ccc(-c5ccc6c(c5)C(C)(C)c5ccccc5-6)cc4)c4ccccc34)=CC=C1N(c1ccccc1)c1ccccc12. The minimum Gasteiger partial charge on any atom is -0.313 e. The summed E-state index contributed by atoms with van der Waals surface area (Å²) in [5.74, 6) is 0. The fourth-order valence-corrected chi connectivity index (χ4v) is 11.1. The molecule has 2 nitrogen and oxygen atoms in total. The van der Waals surface area contributed by atoms with Crippen LogP contribution in [0.5, 0.6) is 0 Å². The number of nitrogens with zero attached hydrogens (tertiary/aromatic N) is 2. The standard InChI is InChI=1S/C62H48N2/c1-61(2)55-23-13-12-21-52(55)53-36-30-45(40-57(53)61)44-28-34-49(35-29-44)63(48-32-26-43(27-33-48)42-16-6-4-7-17-42)58-38-37-50(51-20-10-11-22-54(51)58)46-31-39-60-62(3,41-46)56-24-14-15-25-59(56)64(60)47-18-8-5-9-19-47/h4-40H,41H2,1-3H3. The van der Waals surface area contributed by atoms with Crippen LogP contribution in [-0.2, 0) is 10.8 Å². The predicted molar refractivity (Wildman–Crippen MR) is 270 cm³/mol. The Morgan fingerprint density at radius 1 is 0.422 bits per heavy atom. The van der Waals surface area contributed by atoms with Gasteiger partial charge in [-0.25, -0.2) is 0 Å². The van der Waals surface area contributed by atoms with Gasteiger partial charge in [-0.1, -0.05) is 178 Å². The summed E-state index contributed by atoms with van der Waals surface area (Å²) in [5, 5.41) is 2.47. The molecule has 12 rings (SSSR count). The van der Waals surface area contributed by atoms with Crippen molar-refractivity contribution in [2.75, 3.05) is 9.80 Å². The van der Waals surface area contributed by atoms with Crippen molar-refractivity contribution in [3.8, 4) is 33.4 Å². The Morgan fingerprint density at radius 3 is 1.70 bits per heavy atom. The first-order valence-electron chi connectivity index (χ1n) is 22.6. The zero-order valence-electron chi connectivity index (χ0n) is 36.5. The zero-order chi connectivity index (χ0) is 43.0. The number of para-hydroxylation sites is 2. The lowest BCUT2D eigenvalue weighted by Gasteiger charge is -2.34. The van der Waals surface area contributed by atoms with Gasteiger partial charge in [-0.15, -0.1) is 0 Å². The molecule has 0 N–H and O–H groups in total. The van der Waals surface area contributed by atoms with E-state index in [0.717, 1.165) is 23.5 Å². The van der Waals surface area contributed by atoms with E-state index in [1.165, 1.54) is 89.1 Å². The fourth-order valence-electron chi connectivity index (χ4n) is 11.1. The van der Waals surface area contributed by atoms with Crippen LogP contribution in [0.1, 0.15) is 49.4 Å². The highest BCUT2D eigenvalue weighted by Gasteiger charge is 2.46. The monoisotopic (exact) mass is 820 g/mol. The lowest BCUT2D eigenvalue weighted by Crippen LogP contribution is -2.28. The van der Waals surface area contributed by atoms with E-state index < -0.39 is 0 Å². The molecule has 1 atom stereocenters. The van der Waals surface area contributed by atoms with E-state index in [2.05, 4.69) is 255 Å². The van der Waals surface area contributed by atoms with Gasteiger partial charge in [0.25, 0.3) is 0 Å². The number of allylic oxidation sites excluding steroid dienone is 4.